The van der Waals surface area contributed by atoms with Gasteiger partial charge in [0, 0.05) is 35.3 Å². The minimum absolute atomic E-state index is 0.0392. The topological polar surface area (TPSA) is 99.0 Å². The van der Waals surface area contributed by atoms with Gasteiger partial charge < -0.3 is 14.4 Å². The van der Waals surface area contributed by atoms with Gasteiger partial charge in [-0.1, -0.05) is 0 Å². The van der Waals surface area contributed by atoms with Gasteiger partial charge >= 0.3 is 5.97 Å². The number of morpholine rings is 1. The van der Waals surface area contributed by atoms with Gasteiger partial charge in [0.1, 0.15) is 4.88 Å². The molecule has 1 aliphatic rings. The van der Waals surface area contributed by atoms with Crippen LogP contribution in [0.25, 0.3) is 10.1 Å². The number of rotatable bonds is 4. The zero-order valence-electron chi connectivity index (χ0n) is 12.6. The van der Waals surface area contributed by atoms with Crippen LogP contribution in [0.15, 0.2) is 24.3 Å². The Hall–Kier alpha value is -2.52. The number of nitro groups is 1. The smallest absolute Gasteiger partial charge is 0.348 e. The molecule has 0 saturated carbocycles. The molecule has 0 atom stereocenters. The maximum atomic E-state index is 12.1. The number of hydrogen-bond acceptors (Lipinski definition) is 7. The lowest BCUT2D eigenvalue weighted by molar-refractivity contribution is -0.384. The number of ether oxygens (including phenoxy) is 2. The van der Waals surface area contributed by atoms with Crippen LogP contribution in [0.4, 0.5) is 5.69 Å². The molecule has 3 rings (SSSR count). The molecule has 1 aromatic carbocycles. The fourth-order valence-corrected chi connectivity index (χ4v) is 3.28. The van der Waals surface area contributed by atoms with Crippen molar-refractivity contribution < 1.29 is 24.0 Å². The van der Waals surface area contributed by atoms with E-state index in [1.807, 2.05) is 0 Å². The Morgan fingerprint density at radius 1 is 1.29 bits per heavy atom. The lowest BCUT2D eigenvalue weighted by atomic mass is 10.2. The Morgan fingerprint density at radius 2 is 2.04 bits per heavy atom. The Morgan fingerprint density at radius 3 is 2.75 bits per heavy atom. The summed E-state index contributed by atoms with van der Waals surface area (Å²) in [5, 5.41) is 11.4. The molecule has 0 aliphatic carbocycles. The van der Waals surface area contributed by atoms with Crippen LogP contribution in [0, 0.1) is 10.1 Å². The normalized spacial score (nSPS) is 14.6. The lowest BCUT2D eigenvalue weighted by Crippen LogP contribution is -2.42. The highest BCUT2D eigenvalue weighted by Gasteiger charge is 2.20. The van der Waals surface area contributed by atoms with Crippen LogP contribution in [-0.2, 0) is 14.3 Å². The van der Waals surface area contributed by atoms with E-state index in [-0.39, 0.29) is 18.2 Å². The molecule has 24 heavy (non-hydrogen) atoms. The molecular formula is C15H14N2O6S. The van der Waals surface area contributed by atoms with Gasteiger partial charge in [0.2, 0.25) is 0 Å². The maximum absolute atomic E-state index is 12.1. The molecule has 9 heteroatoms. The summed E-state index contributed by atoms with van der Waals surface area (Å²) in [7, 11) is 0. The third kappa shape index (κ3) is 3.52. The van der Waals surface area contributed by atoms with E-state index < -0.39 is 10.9 Å². The second-order valence-electron chi connectivity index (χ2n) is 5.16. The first-order valence-corrected chi connectivity index (χ1v) is 8.07. The average Bonchev–Trinajstić information content (AvgIpc) is 3.03. The standard InChI is InChI=1S/C15H14N2O6S/c18-14(16-3-5-22-6-4-16)9-23-15(19)13-8-10-7-11(17(20)21)1-2-12(10)24-13/h1-2,7-8H,3-6,9H2. The van der Waals surface area contributed by atoms with E-state index >= 15 is 0 Å². The molecule has 0 spiro atoms. The van der Waals surface area contributed by atoms with Crippen LogP contribution in [0.1, 0.15) is 9.67 Å². The summed E-state index contributed by atoms with van der Waals surface area (Å²) in [6.07, 6.45) is 0. The number of hydrogen-bond donors (Lipinski definition) is 0. The molecule has 0 bridgehead atoms. The van der Waals surface area contributed by atoms with Gasteiger partial charge in [0.25, 0.3) is 11.6 Å². The molecule has 1 aromatic heterocycles. The van der Waals surface area contributed by atoms with E-state index in [4.69, 9.17) is 9.47 Å². The van der Waals surface area contributed by atoms with Gasteiger partial charge in [0.15, 0.2) is 6.61 Å². The van der Waals surface area contributed by atoms with Crippen LogP contribution < -0.4 is 0 Å². The SMILES string of the molecule is O=C(OCC(=O)N1CCOCC1)c1cc2cc([N+](=O)[O-])ccc2s1. The van der Waals surface area contributed by atoms with E-state index in [1.54, 1.807) is 11.0 Å². The molecule has 8 nitrogen and oxygen atoms in total. The van der Waals surface area contributed by atoms with Crippen LogP contribution in [-0.4, -0.2) is 54.6 Å². The summed E-state index contributed by atoms with van der Waals surface area (Å²) in [6, 6.07) is 5.92. The summed E-state index contributed by atoms with van der Waals surface area (Å²) in [5.41, 5.74) is -0.0392. The molecule has 1 aliphatic heterocycles. The molecule has 126 valence electrons. The van der Waals surface area contributed by atoms with Gasteiger partial charge in [-0.3, -0.25) is 14.9 Å². The predicted molar refractivity (Wildman–Crippen MR) is 86.2 cm³/mol. The maximum Gasteiger partial charge on any atom is 0.348 e. The van der Waals surface area contributed by atoms with Crippen molar-refractivity contribution in [2.24, 2.45) is 0 Å². The molecule has 2 aromatic rings. The molecule has 0 unspecified atom stereocenters. The summed E-state index contributed by atoms with van der Waals surface area (Å²) in [5.74, 6) is -0.871. The van der Waals surface area contributed by atoms with E-state index in [2.05, 4.69) is 0 Å². The van der Waals surface area contributed by atoms with Crippen molar-refractivity contribution in [3.8, 4) is 0 Å². The molecule has 0 radical (unpaired) electrons. The van der Waals surface area contributed by atoms with Gasteiger partial charge in [-0.15, -0.1) is 11.3 Å². The first-order chi connectivity index (χ1) is 11.5. The summed E-state index contributed by atoms with van der Waals surface area (Å²) < 4.78 is 11.0. The van der Waals surface area contributed by atoms with Crippen LogP contribution in [0.3, 0.4) is 0 Å². The van der Waals surface area contributed by atoms with Crippen LogP contribution in [0.2, 0.25) is 0 Å². The van der Waals surface area contributed by atoms with Crippen molar-refractivity contribution in [3.05, 3.63) is 39.3 Å². The third-order valence-corrected chi connectivity index (χ3v) is 4.70. The van der Waals surface area contributed by atoms with Crippen molar-refractivity contribution in [1.82, 2.24) is 4.90 Å². The van der Waals surface area contributed by atoms with E-state index in [0.29, 0.717) is 36.6 Å². The van der Waals surface area contributed by atoms with Gasteiger partial charge in [-0.05, 0) is 12.1 Å². The predicted octanol–water partition coefficient (Wildman–Crippen LogP) is 1.83. The Kier molecular flexibility index (Phi) is 4.72. The number of carbonyl (C=O) groups is 2. The molecular weight excluding hydrogens is 336 g/mol. The molecule has 0 N–H and O–H groups in total. The molecule has 2 heterocycles. The average molecular weight is 350 g/mol. The monoisotopic (exact) mass is 350 g/mol. The highest BCUT2D eigenvalue weighted by atomic mass is 32.1. The number of fused-ring (bicyclic) bond motifs is 1. The van der Waals surface area contributed by atoms with Gasteiger partial charge in [0.05, 0.1) is 18.1 Å². The fourth-order valence-electron chi connectivity index (χ4n) is 2.35. The number of nitro benzene ring substituents is 1. The Labute approximate surface area is 140 Å². The van der Waals surface area contributed by atoms with Crippen molar-refractivity contribution in [2.45, 2.75) is 0 Å². The van der Waals surface area contributed by atoms with E-state index in [0.717, 1.165) is 4.70 Å². The highest BCUT2D eigenvalue weighted by Crippen LogP contribution is 2.29. The van der Waals surface area contributed by atoms with Gasteiger partial charge in [-0.2, -0.15) is 0 Å². The zero-order chi connectivity index (χ0) is 17.1. The second-order valence-corrected chi connectivity index (χ2v) is 6.24. The summed E-state index contributed by atoms with van der Waals surface area (Å²) in [4.78, 5) is 36.2. The zero-order valence-corrected chi connectivity index (χ0v) is 13.4. The number of nitrogens with zero attached hydrogens (tertiary/aromatic N) is 2. The minimum Gasteiger partial charge on any atom is -0.451 e. The van der Waals surface area contributed by atoms with Crippen LogP contribution in [0.5, 0.6) is 0 Å². The van der Waals surface area contributed by atoms with Crippen molar-refractivity contribution >= 4 is 39.0 Å². The number of amides is 1. The first kappa shape index (κ1) is 16.3. The third-order valence-electron chi connectivity index (χ3n) is 3.60. The van der Waals surface area contributed by atoms with E-state index in [9.17, 15) is 19.7 Å². The Balaban J connectivity index is 1.65. The molecule has 1 amide bonds. The Bertz CT molecular complexity index is 796. The largest absolute Gasteiger partial charge is 0.451 e. The number of carbonyl (C=O) groups excluding carboxylic acids is 2. The van der Waals surface area contributed by atoms with Crippen molar-refractivity contribution in [3.63, 3.8) is 0 Å². The first-order valence-electron chi connectivity index (χ1n) is 7.25. The number of non-ortho nitro benzene ring substituents is 1. The minimum atomic E-state index is -0.611. The van der Waals surface area contributed by atoms with Crippen molar-refractivity contribution in [1.29, 1.82) is 0 Å². The molecule has 1 saturated heterocycles. The number of benzene rings is 1. The fraction of sp³-hybridized carbons (Fsp3) is 0.333. The molecule has 1 fully saturated rings. The second kappa shape index (κ2) is 6.93. The van der Waals surface area contributed by atoms with Crippen molar-refractivity contribution in [2.75, 3.05) is 32.9 Å². The lowest BCUT2D eigenvalue weighted by Gasteiger charge is -2.26. The number of thiophene rings is 1. The summed E-state index contributed by atoms with van der Waals surface area (Å²) in [6.45, 7) is 1.61. The highest BCUT2D eigenvalue weighted by molar-refractivity contribution is 7.20. The van der Waals surface area contributed by atoms with Crippen LogP contribution >= 0.6 is 11.3 Å². The quantitative estimate of drug-likeness (QED) is 0.474. The van der Waals surface area contributed by atoms with E-state index in [1.165, 1.54) is 29.5 Å². The summed E-state index contributed by atoms with van der Waals surface area (Å²) >= 11 is 1.17. The number of esters is 1. The van der Waals surface area contributed by atoms with Gasteiger partial charge in [-0.25, -0.2) is 4.79 Å².